The second-order valence-corrected chi connectivity index (χ2v) is 6.40. The first-order chi connectivity index (χ1) is 11.8. The Morgan fingerprint density at radius 1 is 1.46 bits per heavy atom. The van der Waals surface area contributed by atoms with Crippen LogP contribution >= 0.6 is 11.3 Å². The topological polar surface area (TPSA) is 58.4 Å². The lowest BCUT2D eigenvalue weighted by Crippen LogP contribution is -2.25. The van der Waals surface area contributed by atoms with Crippen LogP contribution in [0.3, 0.4) is 0 Å². The van der Waals surface area contributed by atoms with Gasteiger partial charge in [0.1, 0.15) is 10.5 Å². The normalized spacial score (nSPS) is 16.8. The van der Waals surface area contributed by atoms with Gasteiger partial charge in [0.05, 0.1) is 6.04 Å². The minimum atomic E-state index is 0.294. The number of fused-ring (bicyclic) bond motifs is 1. The molecule has 24 heavy (non-hydrogen) atoms. The van der Waals surface area contributed by atoms with Crippen molar-refractivity contribution >= 4 is 28.6 Å². The van der Waals surface area contributed by atoms with Gasteiger partial charge >= 0.3 is 0 Å². The highest BCUT2D eigenvalue weighted by molar-refractivity contribution is 7.09. The van der Waals surface area contributed by atoms with E-state index in [4.69, 9.17) is 4.98 Å². The van der Waals surface area contributed by atoms with Crippen LogP contribution in [0.4, 0.5) is 11.8 Å². The van der Waals surface area contributed by atoms with E-state index in [1.165, 1.54) is 0 Å². The summed E-state index contributed by atoms with van der Waals surface area (Å²) in [6, 6.07) is 4.29. The maximum absolute atomic E-state index is 4.69. The van der Waals surface area contributed by atoms with E-state index in [0.717, 1.165) is 41.7 Å². The van der Waals surface area contributed by atoms with E-state index in [1.54, 1.807) is 17.4 Å². The van der Waals surface area contributed by atoms with Crippen LogP contribution in [0.2, 0.25) is 0 Å². The number of nitrogens with zero attached hydrogens (tertiary/aromatic N) is 5. The maximum Gasteiger partial charge on any atom is 0.246 e. The number of allylic oxidation sites excluding steroid dienone is 1. The molecule has 1 saturated heterocycles. The van der Waals surface area contributed by atoms with E-state index < -0.39 is 0 Å². The predicted molar refractivity (Wildman–Crippen MR) is 99.8 cm³/mol. The van der Waals surface area contributed by atoms with Crippen molar-refractivity contribution in [1.82, 2.24) is 19.6 Å². The summed E-state index contributed by atoms with van der Waals surface area (Å²) in [4.78, 5) is 11.4. The molecule has 7 heteroatoms. The molecule has 6 nitrogen and oxygen atoms in total. The summed E-state index contributed by atoms with van der Waals surface area (Å²) in [7, 11) is 1.89. The Labute approximate surface area is 145 Å². The summed E-state index contributed by atoms with van der Waals surface area (Å²) >= 11 is 1.70. The van der Waals surface area contributed by atoms with Crippen LogP contribution in [0, 0.1) is 0 Å². The van der Waals surface area contributed by atoms with Gasteiger partial charge in [0, 0.05) is 31.4 Å². The molecular weight excluding hydrogens is 320 g/mol. The molecule has 1 fully saturated rings. The summed E-state index contributed by atoms with van der Waals surface area (Å²) in [6.07, 6.45) is 7.82. The van der Waals surface area contributed by atoms with Gasteiger partial charge in [-0.3, -0.25) is 0 Å². The Balaban J connectivity index is 0.000000526. The number of hydrogen-bond donors (Lipinski definition) is 1. The van der Waals surface area contributed by atoms with E-state index in [1.807, 2.05) is 48.4 Å². The smallest absolute Gasteiger partial charge is 0.246 e. The van der Waals surface area contributed by atoms with E-state index in [9.17, 15) is 0 Å². The van der Waals surface area contributed by atoms with Gasteiger partial charge in [-0.15, -0.1) is 23.0 Å². The van der Waals surface area contributed by atoms with Crippen molar-refractivity contribution in [3.63, 3.8) is 0 Å². The average Bonchev–Trinajstić information content (AvgIpc) is 3.33. The molecule has 0 radical (unpaired) electrons. The molecule has 0 amide bonds. The molecule has 1 aliphatic heterocycles. The van der Waals surface area contributed by atoms with Gasteiger partial charge in [0.25, 0.3) is 0 Å². The van der Waals surface area contributed by atoms with Crippen LogP contribution < -0.4 is 10.2 Å². The van der Waals surface area contributed by atoms with Crippen molar-refractivity contribution in [2.24, 2.45) is 0 Å². The average molecular weight is 342 g/mol. The zero-order chi connectivity index (χ0) is 16.9. The molecule has 1 unspecified atom stereocenters. The monoisotopic (exact) mass is 342 g/mol. The molecule has 0 saturated carbocycles. The molecule has 1 atom stereocenters. The molecule has 0 spiro atoms. The molecule has 1 aliphatic rings. The lowest BCUT2D eigenvalue weighted by molar-refractivity contribution is 0.685. The standard InChI is InChI=1S/C14H16N6S.C3H6/c1-15-12-10-4-3-8-20(10)18-14(17-12)19-7-2-5-11(19)13-16-6-9-21-13;1-3-2/h3-4,6,8-9,11H,2,5,7H2,1H3,(H,15,17,18);3H,1H2,2H3. The quantitative estimate of drug-likeness (QED) is 0.735. The van der Waals surface area contributed by atoms with Crippen LogP contribution in [0.15, 0.2) is 42.6 Å². The molecule has 0 bridgehead atoms. The summed E-state index contributed by atoms with van der Waals surface area (Å²) in [6.45, 7) is 6.22. The predicted octanol–water partition coefficient (Wildman–Crippen LogP) is 3.76. The van der Waals surface area contributed by atoms with E-state index in [-0.39, 0.29) is 0 Å². The lowest BCUT2D eigenvalue weighted by Gasteiger charge is -2.23. The van der Waals surface area contributed by atoms with Gasteiger partial charge in [0.15, 0.2) is 5.82 Å². The molecule has 126 valence electrons. The maximum atomic E-state index is 4.69. The highest BCUT2D eigenvalue weighted by Crippen LogP contribution is 2.35. The van der Waals surface area contributed by atoms with Crippen LogP contribution in [-0.2, 0) is 0 Å². The zero-order valence-corrected chi connectivity index (χ0v) is 14.8. The van der Waals surface area contributed by atoms with E-state index in [2.05, 4.69) is 26.9 Å². The summed E-state index contributed by atoms with van der Waals surface area (Å²) < 4.78 is 1.88. The van der Waals surface area contributed by atoms with Crippen molar-refractivity contribution in [2.45, 2.75) is 25.8 Å². The van der Waals surface area contributed by atoms with Gasteiger partial charge in [-0.1, -0.05) is 6.08 Å². The number of hydrogen-bond acceptors (Lipinski definition) is 6. The Hall–Kier alpha value is -2.41. The number of anilines is 2. The zero-order valence-electron chi connectivity index (χ0n) is 14.0. The minimum absolute atomic E-state index is 0.294. The highest BCUT2D eigenvalue weighted by Gasteiger charge is 2.30. The van der Waals surface area contributed by atoms with Crippen LogP contribution in [0.25, 0.3) is 5.52 Å². The third kappa shape index (κ3) is 3.12. The van der Waals surface area contributed by atoms with E-state index >= 15 is 0 Å². The number of nitrogens with one attached hydrogen (secondary N) is 1. The molecule has 3 aromatic rings. The molecule has 4 rings (SSSR count). The van der Waals surface area contributed by atoms with Crippen molar-refractivity contribution in [2.75, 3.05) is 23.8 Å². The van der Waals surface area contributed by atoms with Crippen LogP contribution in [0.5, 0.6) is 0 Å². The molecular formula is C17H22N6S. The molecule has 1 N–H and O–H groups in total. The summed E-state index contributed by atoms with van der Waals surface area (Å²) in [5.74, 6) is 1.62. The minimum Gasteiger partial charge on any atom is -0.371 e. The summed E-state index contributed by atoms with van der Waals surface area (Å²) in [5, 5.41) is 11.0. The fourth-order valence-electron chi connectivity index (χ4n) is 2.89. The molecule has 4 heterocycles. The van der Waals surface area contributed by atoms with Crippen molar-refractivity contribution in [3.05, 3.63) is 47.6 Å². The van der Waals surface area contributed by atoms with Gasteiger partial charge in [-0.25, -0.2) is 9.50 Å². The molecule has 0 aromatic carbocycles. The van der Waals surface area contributed by atoms with Crippen molar-refractivity contribution in [3.8, 4) is 0 Å². The van der Waals surface area contributed by atoms with Crippen LogP contribution in [0.1, 0.15) is 30.8 Å². The Bertz CT molecular complexity index is 795. The summed E-state index contributed by atoms with van der Waals surface area (Å²) in [5.41, 5.74) is 0.992. The van der Waals surface area contributed by atoms with Crippen molar-refractivity contribution in [1.29, 1.82) is 0 Å². The largest absolute Gasteiger partial charge is 0.371 e. The first-order valence-corrected chi connectivity index (χ1v) is 8.92. The first-order valence-electron chi connectivity index (χ1n) is 8.04. The van der Waals surface area contributed by atoms with E-state index in [0.29, 0.717) is 6.04 Å². The van der Waals surface area contributed by atoms with Gasteiger partial charge in [0.2, 0.25) is 5.95 Å². The van der Waals surface area contributed by atoms with Gasteiger partial charge in [-0.2, -0.15) is 4.98 Å². The Morgan fingerprint density at radius 2 is 2.29 bits per heavy atom. The second-order valence-electron chi connectivity index (χ2n) is 5.48. The van der Waals surface area contributed by atoms with Gasteiger partial charge in [-0.05, 0) is 31.9 Å². The Morgan fingerprint density at radius 3 is 3.00 bits per heavy atom. The second kappa shape index (κ2) is 7.44. The fourth-order valence-corrected chi connectivity index (χ4v) is 3.68. The van der Waals surface area contributed by atoms with Crippen molar-refractivity contribution < 1.29 is 0 Å². The Kier molecular flexibility index (Phi) is 5.10. The number of thiazole rings is 1. The third-order valence-corrected chi connectivity index (χ3v) is 4.74. The fraction of sp³-hybridized carbons (Fsp3) is 0.353. The SMILES string of the molecule is C=CC.CNc1nc(N2CCCC2c2nccs2)nn2cccc12. The third-order valence-electron chi connectivity index (χ3n) is 3.86. The molecule has 0 aliphatic carbocycles. The lowest BCUT2D eigenvalue weighted by atomic mass is 10.2. The highest BCUT2D eigenvalue weighted by atomic mass is 32.1. The molecule has 3 aromatic heterocycles. The number of rotatable bonds is 3. The van der Waals surface area contributed by atoms with Gasteiger partial charge < -0.3 is 10.2 Å². The first kappa shape index (κ1) is 16.4. The van der Waals surface area contributed by atoms with Crippen LogP contribution in [-0.4, -0.2) is 33.2 Å². The number of aromatic nitrogens is 4.